The van der Waals surface area contributed by atoms with Gasteiger partial charge in [-0.25, -0.2) is 4.79 Å². The van der Waals surface area contributed by atoms with Crippen LogP contribution in [0.25, 0.3) is 5.57 Å². The van der Waals surface area contributed by atoms with Crippen LogP contribution in [-0.2, 0) is 5.41 Å². The van der Waals surface area contributed by atoms with E-state index in [1.807, 2.05) is 31.3 Å². The molecular formula is C21H23NO2. The second-order valence-electron chi connectivity index (χ2n) is 7.15. The van der Waals surface area contributed by atoms with Gasteiger partial charge >= 0.3 is 5.97 Å². The molecule has 3 rings (SSSR count). The average Bonchev–Trinajstić information content (AvgIpc) is 2.55. The highest BCUT2D eigenvalue weighted by molar-refractivity contribution is 5.92. The van der Waals surface area contributed by atoms with Crippen LogP contribution in [0.5, 0.6) is 0 Å². The molecular weight excluding hydrogens is 298 g/mol. The molecule has 0 fully saturated rings. The molecule has 0 saturated carbocycles. The molecule has 3 nitrogen and oxygen atoms in total. The van der Waals surface area contributed by atoms with E-state index in [1.54, 1.807) is 6.07 Å². The third-order valence-electron chi connectivity index (χ3n) is 4.90. The Labute approximate surface area is 143 Å². The predicted molar refractivity (Wildman–Crippen MR) is 96.3 cm³/mol. The van der Waals surface area contributed by atoms with Gasteiger partial charge in [-0.1, -0.05) is 38.5 Å². The van der Waals surface area contributed by atoms with Crippen LogP contribution < -0.4 is 0 Å². The maximum atomic E-state index is 11.5. The number of aryl methyl sites for hydroxylation is 1. The molecule has 124 valence electrons. The number of pyridine rings is 1. The lowest BCUT2D eigenvalue weighted by atomic mass is 9.68. The highest BCUT2D eigenvalue weighted by Gasteiger charge is 2.32. The summed E-state index contributed by atoms with van der Waals surface area (Å²) in [6.07, 6.45) is 3.82. The number of allylic oxidation sites excluding steroid dienone is 1. The predicted octanol–water partition coefficient (Wildman–Crippen LogP) is 4.98. The molecule has 1 aromatic heterocycles. The molecule has 1 aliphatic rings. The van der Waals surface area contributed by atoms with Crippen molar-refractivity contribution in [1.29, 1.82) is 0 Å². The number of carboxylic acid groups (broad SMARTS) is 1. The van der Waals surface area contributed by atoms with Gasteiger partial charge in [0.05, 0.1) is 5.56 Å². The van der Waals surface area contributed by atoms with E-state index in [0.717, 1.165) is 35.2 Å². The first-order valence-corrected chi connectivity index (χ1v) is 8.36. The van der Waals surface area contributed by atoms with Gasteiger partial charge in [0.15, 0.2) is 0 Å². The summed E-state index contributed by atoms with van der Waals surface area (Å²) in [5, 5.41) is 9.40. The maximum absolute atomic E-state index is 11.5. The van der Waals surface area contributed by atoms with Crippen molar-refractivity contribution in [2.75, 3.05) is 0 Å². The van der Waals surface area contributed by atoms with Crippen molar-refractivity contribution in [2.24, 2.45) is 0 Å². The Balaban J connectivity index is 2.30. The van der Waals surface area contributed by atoms with Crippen molar-refractivity contribution in [3.05, 3.63) is 70.0 Å². The van der Waals surface area contributed by atoms with E-state index in [4.69, 9.17) is 0 Å². The van der Waals surface area contributed by atoms with Gasteiger partial charge in [-0.05, 0) is 60.1 Å². The fourth-order valence-electron chi connectivity index (χ4n) is 3.66. The van der Waals surface area contributed by atoms with E-state index in [9.17, 15) is 9.90 Å². The number of rotatable bonds is 3. The fourth-order valence-corrected chi connectivity index (χ4v) is 3.66. The minimum atomic E-state index is -0.888. The van der Waals surface area contributed by atoms with Crippen molar-refractivity contribution in [3.8, 4) is 0 Å². The number of benzene rings is 1. The molecule has 3 heteroatoms. The Morgan fingerprint density at radius 3 is 2.58 bits per heavy atom. The number of hydrogen-bond acceptors (Lipinski definition) is 2. The summed E-state index contributed by atoms with van der Waals surface area (Å²) in [4.78, 5) is 15.9. The molecule has 0 spiro atoms. The zero-order valence-electron chi connectivity index (χ0n) is 14.7. The monoisotopic (exact) mass is 321 g/mol. The van der Waals surface area contributed by atoms with Gasteiger partial charge in [-0.15, -0.1) is 0 Å². The van der Waals surface area contributed by atoms with Crippen LogP contribution in [0.2, 0.25) is 0 Å². The number of carbonyl (C=O) groups is 1. The molecule has 1 aliphatic carbocycles. The average molecular weight is 321 g/mol. The van der Waals surface area contributed by atoms with Crippen LogP contribution >= 0.6 is 0 Å². The second-order valence-corrected chi connectivity index (χ2v) is 7.15. The van der Waals surface area contributed by atoms with Gasteiger partial charge in [-0.2, -0.15) is 0 Å². The number of hydrogen-bond donors (Lipinski definition) is 1. The van der Waals surface area contributed by atoms with Crippen molar-refractivity contribution in [2.45, 2.75) is 46.0 Å². The summed E-state index contributed by atoms with van der Waals surface area (Å²) in [7, 11) is 0. The molecule has 1 aromatic carbocycles. The molecule has 0 bridgehead atoms. The second kappa shape index (κ2) is 5.90. The van der Waals surface area contributed by atoms with E-state index < -0.39 is 5.97 Å². The van der Waals surface area contributed by atoms with Crippen molar-refractivity contribution in [3.63, 3.8) is 0 Å². The Bertz CT molecular complexity index is 829. The standard InChI is InChI=1S/C21H23NO2/c1-5-14-11-21(3,4)18-9-8-15(20(23)24)10-17(18)19(14)16-7-6-13(2)22-12-16/h6-10,12H,5,11H2,1-4H3,(H,23,24). The van der Waals surface area contributed by atoms with E-state index >= 15 is 0 Å². The third kappa shape index (κ3) is 2.75. The molecule has 0 saturated heterocycles. The van der Waals surface area contributed by atoms with Gasteiger partial charge in [0.25, 0.3) is 0 Å². The summed E-state index contributed by atoms with van der Waals surface area (Å²) in [5.41, 5.74) is 7.14. The lowest BCUT2D eigenvalue weighted by molar-refractivity contribution is 0.0696. The molecule has 0 unspecified atom stereocenters. The number of aromatic carboxylic acids is 1. The molecule has 0 amide bonds. The van der Waals surface area contributed by atoms with Gasteiger partial charge < -0.3 is 5.11 Å². The van der Waals surface area contributed by atoms with Crippen LogP contribution in [0.4, 0.5) is 0 Å². The smallest absolute Gasteiger partial charge is 0.335 e. The normalized spacial score (nSPS) is 16.0. The highest BCUT2D eigenvalue weighted by Crippen LogP contribution is 2.46. The lowest BCUT2D eigenvalue weighted by Gasteiger charge is -2.36. The van der Waals surface area contributed by atoms with E-state index in [2.05, 4.69) is 31.8 Å². The van der Waals surface area contributed by atoms with E-state index in [1.165, 1.54) is 11.1 Å². The summed E-state index contributed by atoms with van der Waals surface area (Å²) in [5.74, 6) is -0.888. The molecule has 0 aliphatic heterocycles. The largest absolute Gasteiger partial charge is 0.478 e. The Morgan fingerprint density at radius 2 is 2.00 bits per heavy atom. The first kappa shape index (κ1) is 16.4. The van der Waals surface area contributed by atoms with Crippen molar-refractivity contribution in [1.82, 2.24) is 4.98 Å². The van der Waals surface area contributed by atoms with Crippen molar-refractivity contribution >= 4 is 11.5 Å². The molecule has 0 atom stereocenters. The summed E-state index contributed by atoms with van der Waals surface area (Å²) < 4.78 is 0. The summed E-state index contributed by atoms with van der Waals surface area (Å²) >= 11 is 0. The minimum Gasteiger partial charge on any atom is -0.478 e. The maximum Gasteiger partial charge on any atom is 0.335 e. The van der Waals surface area contributed by atoms with Crippen LogP contribution in [0.15, 0.2) is 42.1 Å². The Morgan fingerprint density at radius 1 is 1.25 bits per heavy atom. The summed E-state index contributed by atoms with van der Waals surface area (Å²) in [6.45, 7) is 8.59. The van der Waals surface area contributed by atoms with E-state index in [0.29, 0.717) is 5.56 Å². The minimum absolute atomic E-state index is 0.000659. The number of fused-ring (bicyclic) bond motifs is 1. The zero-order valence-corrected chi connectivity index (χ0v) is 14.7. The van der Waals surface area contributed by atoms with Crippen molar-refractivity contribution < 1.29 is 9.90 Å². The third-order valence-corrected chi connectivity index (χ3v) is 4.90. The first-order chi connectivity index (χ1) is 11.3. The van der Waals surface area contributed by atoms with Gasteiger partial charge in [0, 0.05) is 17.5 Å². The highest BCUT2D eigenvalue weighted by atomic mass is 16.4. The first-order valence-electron chi connectivity index (χ1n) is 8.36. The van der Waals surface area contributed by atoms with Gasteiger partial charge in [0.2, 0.25) is 0 Å². The molecule has 1 N–H and O–H groups in total. The Kier molecular flexibility index (Phi) is 4.04. The summed E-state index contributed by atoms with van der Waals surface area (Å²) in [6, 6.07) is 9.61. The van der Waals surface area contributed by atoms with Crippen LogP contribution in [0.1, 0.15) is 66.4 Å². The molecule has 24 heavy (non-hydrogen) atoms. The quantitative estimate of drug-likeness (QED) is 0.867. The SMILES string of the molecule is CCC1=C(c2ccc(C)nc2)c2cc(C(=O)O)ccc2C(C)(C)C1. The topological polar surface area (TPSA) is 50.2 Å². The van der Waals surface area contributed by atoms with Crippen LogP contribution in [0, 0.1) is 6.92 Å². The zero-order chi connectivity index (χ0) is 17.5. The molecule has 2 aromatic rings. The van der Waals surface area contributed by atoms with Gasteiger partial charge in [0.1, 0.15) is 0 Å². The molecule has 0 radical (unpaired) electrons. The fraction of sp³-hybridized carbons (Fsp3) is 0.333. The lowest BCUT2D eigenvalue weighted by Crippen LogP contribution is -2.25. The van der Waals surface area contributed by atoms with Crippen LogP contribution in [0.3, 0.4) is 0 Å². The molecule has 1 heterocycles. The number of nitrogens with zero attached hydrogens (tertiary/aromatic N) is 1. The van der Waals surface area contributed by atoms with E-state index in [-0.39, 0.29) is 5.41 Å². The number of carboxylic acids is 1. The van der Waals surface area contributed by atoms with Crippen LogP contribution in [-0.4, -0.2) is 16.1 Å². The Hall–Kier alpha value is -2.42. The number of aromatic nitrogens is 1. The van der Waals surface area contributed by atoms with Gasteiger partial charge in [-0.3, -0.25) is 4.98 Å².